The molecule has 3 nitrogen and oxygen atoms in total. The van der Waals surface area contributed by atoms with Crippen molar-refractivity contribution in [2.24, 2.45) is 22.2 Å². The van der Waals surface area contributed by atoms with Crippen LogP contribution in [0.3, 0.4) is 0 Å². The number of rotatable bonds is 3. The largest absolute Gasteiger partial charge is 0.305 e. The Kier molecular flexibility index (Phi) is 3.97. The van der Waals surface area contributed by atoms with E-state index in [0.717, 1.165) is 29.3 Å². The maximum atomic E-state index is 12.8. The number of amidine groups is 1. The van der Waals surface area contributed by atoms with E-state index in [1.165, 1.54) is 49.7 Å². The molecular formula is C22H28N2OS. The third kappa shape index (κ3) is 2.90. The van der Waals surface area contributed by atoms with Crippen LogP contribution >= 0.6 is 11.8 Å². The number of nitrogens with one attached hydrogen (secondary N) is 1. The smallest absolute Gasteiger partial charge is 0.226 e. The van der Waals surface area contributed by atoms with E-state index in [9.17, 15) is 4.79 Å². The summed E-state index contributed by atoms with van der Waals surface area (Å²) in [5.74, 6) is 2.81. The van der Waals surface area contributed by atoms with Crippen molar-refractivity contribution in [1.82, 2.24) is 5.32 Å². The summed E-state index contributed by atoms with van der Waals surface area (Å²) in [7, 11) is 0. The molecule has 1 heterocycles. The number of hydrogen-bond donors (Lipinski definition) is 1. The van der Waals surface area contributed by atoms with Gasteiger partial charge in [-0.3, -0.25) is 9.79 Å². The molecule has 0 saturated heterocycles. The minimum absolute atomic E-state index is 0.194. The van der Waals surface area contributed by atoms with Crippen LogP contribution in [-0.2, 0) is 10.2 Å². The van der Waals surface area contributed by atoms with E-state index in [1.807, 2.05) is 0 Å². The number of carbonyl (C=O) groups excluding carboxylic acids is 1. The zero-order valence-corrected chi connectivity index (χ0v) is 16.4. The zero-order valence-electron chi connectivity index (χ0n) is 15.6. The Morgan fingerprint density at radius 3 is 2.58 bits per heavy atom. The molecule has 0 radical (unpaired) electrons. The van der Waals surface area contributed by atoms with Crippen LogP contribution in [0.1, 0.15) is 56.1 Å². The van der Waals surface area contributed by atoms with Crippen molar-refractivity contribution >= 4 is 22.8 Å². The number of aryl methyl sites for hydroxylation is 1. The molecule has 4 aliphatic carbocycles. The first-order chi connectivity index (χ1) is 12.5. The van der Waals surface area contributed by atoms with Crippen molar-refractivity contribution in [3.8, 4) is 0 Å². The lowest BCUT2D eigenvalue weighted by Crippen LogP contribution is -2.55. The Morgan fingerprint density at radius 2 is 1.92 bits per heavy atom. The molecule has 1 N–H and O–H groups in total. The van der Waals surface area contributed by atoms with Crippen LogP contribution in [0.25, 0.3) is 0 Å². The maximum Gasteiger partial charge on any atom is 0.226 e. The van der Waals surface area contributed by atoms with Gasteiger partial charge in [0.15, 0.2) is 5.17 Å². The van der Waals surface area contributed by atoms with Gasteiger partial charge in [-0.25, -0.2) is 0 Å². The highest BCUT2D eigenvalue weighted by molar-refractivity contribution is 8.14. The molecule has 0 spiro atoms. The Hall–Kier alpha value is -1.29. The van der Waals surface area contributed by atoms with E-state index in [4.69, 9.17) is 0 Å². The summed E-state index contributed by atoms with van der Waals surface area (Å²) in [4.78, 5) is 17.2. The number of aliphatic imine (C=N–C) groups is 1. The molecule has 4 atom stereocenters. The number of nitrogens with zero attached hydrogens (tertiary/aromatic N) is 1. The van der Waals surface area contributed by atoms with Gasteiger partial charge in [-0.05, 0) is 73.7 Å². The van der Waals surface area contributed by atoms with E-state index in [1.54, 1.807) is 11.8 Å². The van der Waals surface area contributed by atoms with Crippen molar-refractivity contribution in [3.63, 3.8) is 0 Å². The fourth-order valence-corrected chi connectivity index (χ4v) is 7.56. The van der Waals surface area contributed by atoms with Gasteiger partial charge >= 0.3 is 0 Å². The van der Waals surface area contributed by atoms with Crippen LogP contribution in [0.15, 0.2) is 29.3 Å². The summed E-state index contributed by atoms with van der Waals surface area (Å²) >= 11 is 1.68. The summed E-state index contributed by atoms with van der Waals surface area (Å²) in [5, 5.41) is 3.93. The van der Waals surface area contributed by atoms with Crippen LogP contribution in [0.2, 0.25) is 0 Å². The zero-order chi connectivity index (χ0) is 17.8. The topological polar surface area (TPSA) is 41.5 Å². The van der Waals surface area contributed by atoms with Gasteiger partial charge in [0.2, 0.25) is 5.91 Å². The molecule has 1 aromatic rings. The molecule has 1 aromatic carbocycles. The fraction of sp³-hybridized carbons (Fsp3) is 0.636. The quantitative estimate of drug-likeness (QED) is 0.857. The summed E-state index contributed by atoms with van der Waals surface area (Å²) in [5.41, 5.74) is 3.39. The van der Waals surface area contributed by atoms with E-state index in [-0.39, 0.29) is 11.3 Å². The maximum absolute atomic E-state index is 12.8. The first-order valence-corrected chi connectivity index (χ1v) is 11.1. The predicted molar refractivity (Wildman–Crippen MR) is 107 cm³/mol. The third-order valence-corrected chi connectivity index (χ3v) is 8.10. The fourth-order valence-electron chi connectivity index (χ4n) is 6.82. The molecule has 4 bridgehead atoms. The second kappa shape index (κ2) is 6.12. The Morgan fingerprint density at radius 1 is 1.19 bits per heavy atom. The average Bonchev–Trinajstić information content (AvgIpc) is 3.06. The molecule has 1 aliphatic heterocycles. The van der Waals surface area contributed by atoms with Crippen LogP contribution in [-0.4, -0.2) is 23.4 Å². The highest BCUT2D eigenvalue weighted by Crippen LogP contribution is 2.66. The van der Waals surface area contributed by atoms with Gasteiger partial charge in [0.1, 0.15) is 0 Å². The highest BCUT2D eigenvalue weighted by atomic mass is 32.2. The lowest BCUT2D eigenvalue weighted by molar-refractivity contribution is -0.129. The van der Waals surface area contributed by atoms with Gasteiger partial charge in [0, 0.05) is 12.2 Å². The van der Waals surface area contributed by atoms with Crippen molar-refractivity contribution in [3.05, 3.63) is 35.4 Å². The SMILES string of the molecule is Cc1ccc(C23C[C@@H]4C[C@@H](CC(CC(=O)NC5=NCCS5)(C4)C2)C3)cc1. The van der Waals surface area contributed by atoms with Crippen molar-refractivity contribution < 1.29 is 4.79 Å². The summed E-state index contributed by atoms with van der Waals surface area (Å²) in [6, 6.07) is 9.26. The molecule has 4 saturated carbocycles. The minimum atomic E-state index is 0.194. The Balaban J connectivity index is 1.39. The van der Waals surface area contributed by atoms with Crippen molar-refractivity contribution in [2.45, 2.75) is 57.3 Å². The van der Waals surface area contributed by atoms with Crippen LogP contribution in [0.5, 0.6) is 0 Å². The van der Waals surface area contributed by atoms with Gasteiger partial charge in [0.25, 0.3) is 0 Å². The lowest BCUT2D eigenvalue weighted by Gasteiger charge is -2.62. The number of thioether (sulfide) groups is 1. The molecule has 6 rings (SSSR count). The van der Waals surface area contributed by atoms with Gasteiger partial charge in [-0.2, -0.15) is 0 Å². The van der Waals surface area contributed by atoms with Gasteiger partial charge in [-0.1, -0.05) is 41.6 Å². The highest BCUT2D eigenvalue weighted by Gasteiger charge is 2.58. The van der Waals surface area contributed by atoms with Crippen LogP contribution in [0.4, 0.5) is 0 Å². The summed E-state index contributed by atoms with van der Waals surface area (Å²) < 4.78 is 0. The first-order valence-electron chi connectivity index (χ1n) is 10.1. The van der Waals surface area contributed by atoms with E-state index in [0.29, 0.717) is 11.8 Å². The summed E-state index contributed by atoms with van der Waals surface area (Å²) in [6.07, 6.45) is 8.45. The van der Waals surface area contributed by atoms with Crippen LogP contribution in [0, 0.1) is 24.2 Å². The second-order valence-corrected chi connectivity index (χ2v) is 10.5. The molecule has 4 fully saturated rings. The first kappa shape index (κ1) is 16.9. The molecule has 26 heavy (non-hydrogen) atoms. The number of benzene rings is 1. The normalized spacial score (nSPS) is 37.7. The minimum Gasteiger partial charge on any atom is -0.305 e. The molecule has 138 valence electrons. The second-order valence-electron chi connectivity index (χ2n) is 9.37. The molecule has 0 aromatic heterocycles. The van der Waals surface area contributed by atoms with Crippen molar-refractivity contribution in [2.75, 3.05) is 12.3 Å². The number of hydrogen-bond acceptors (Lipinski definition) is 3. The van der Waals surface area contributed by atoms with E-state index >= 15 is 0 Å². The third-order valence-electron chi connectivity index (χ3n) is 7.21. The van der Waals surface area contributed by atoms with E-state index in [2.05, 4.69) is 41.5 Å². The molecule has 2 unspecified atom stereocenters. The van der Waals surface area contributed by atoms with Crippen LogP contribution < -0.4 is 5.32 Å². The Bertz CT molecular complexity index is 740. The molecule has 4 heteroatoms. The number of amides is 1. The lowest BCUT2D eigenvalue weighted by atomic mass is 9.42. The van der Waals surface area contributed by atoms with Gasteiger partial charge in [0.05, 0.1) is 6.54 Å². The van der Waals surface area contributed by atoms with Crippen molar-refractivity contribution in [1.29, 1.82) is 0 Å². The predicted octanol–water partition coefficient (Wildman–Crippen LogP) is 4.44. The molecule has 1 amide bonds. The molecule has 5 aliphatic rings. The summed E-state index contributed by atoms with van der Waals surface area (Å²) in [6.45, 7) is 3.01. The Labute approximate surface area is 160 Å². The van der Waals surface area contributed by atoms with Gasteiger partial charge < -0.3 is 5.32 Å². The standard InChI is InChI=1S/C22H28N2OS/c1-15-2-4-18(5-3-15)22-11-16-8-17(12-22)10-21(9-16,14-22)13-19(25)24-20-23-6-7-26-20/h2-5,16-17H,6-14H2,1H3,(H,23,24,25)/t16-,17+,21?,22?. The van der Waals surface area contributed by atoms with E-state index < -0.39 is 0 Å². The molecular weight excluding hydrogens is 340 g/mol. The monoisotopic (exact) mass is 368 g/mol. The number of carbonyl (C=O) groups is 1. The van der Waals surface area contributed by atoms with Gasteiger partial charge in [-0.15, -0.1) is 0 Å². The average molecular weight is 369 g/mol.